The van der Waals surface area contributed by atoms with Gasteiger partial charge in [0.25, 0.3) is 0 Å². The summed E-state index contributed by atoms with van der Waals surface area (Å²) < 4.78 is 10.5. The summed E-state index contributed by atoms with van der Waals surface area (Å²) in [5, 5.41) is 3.05. The Balaban J connectivity index is 2.58. The van der Waals surface area contributed by atoms with E-state index in [1.807, 2.05) is 20.8 Å². The minimum Gasteiger partial charge on any atom is -0.458 e. The minimum atomic E-state index is -1.08. The number of hydrogen-bond donors (Lipinski definition) is 1. The van der Waals surface area contributed by atoms with E-state index in [0.29, 0.717) is 13.2 Å². The van der Waals surface area contributed by atoms with E-state index in [0.717, 1.165) is 6.54 Å². The number of rotatable bonds is 1. The maximum Gasteiger partial charge on any atom is 0.340 e. The van der Waals surface area contributed by atoms with Gasteiger partial charge < -0.3 is 14.8 Å². The zero-order valence-corrected chi connectivity index (χ0v) is 9.05. The van der Waals surface area contributed by atoms with Crippen LogP contribution in [0.15, 0.2) is 0 Å². The first-order valence-electron chi connectivity index (χ1n) is 4.77. The molecule has 4 heteroatoms. The Kier molecular flexibility index (Phi) is 3.17. The van der Waals surface area contributed by atoms with Gasteiger partial charge in [0.2, 0.25) is 0 Å². The molecule has 0 aromatic heterocycles. The first kappa shape index (κ1) is 11.5. The lowest BCUT2D eigenvalue weighted by molar-refractivity contribution is -0.180. The second-order valence-electron chi connectivity index (χ2n) is 4.52. The highest BCUT2D eigenvalue weighted by Crippen LogP contribution is 2.18. The molecular formula is C10H18NO3. The van der Waals surface area contributed by atoms with E-state index in [1.54, 1.807) is 0 Å². The quantitative estimate of drug-likeness (QED) is 0.627. The Morgan fingerprint density at radius 2 is 2.21 bits per heavy atom. The van der Waals surface area contributed by atoms with Gasteiger partial charge in [-0.25, -0.2) is 4.79 Å². The van der Waals surface area contributed by atoms with Gasteiger partial charge in [-0.15, -0.1) is 0 Å². The van der Waals surface area contributed by atoms with Crippen molar-refractivity contribution in [3.63, 3.8) is 0 Å². The number of ether oxygens (including phenoxy) is 2. The van der Waals surface area contributed by atoms with Gasteiger partial charge in [0, 0.05) is 13.1 Å². The van der Waals surface area contributed by atoms with E-state index in [4.69, 9.17) is 9.47 Å². The van der Waals surface area contributed by atoms with E-state index in [2.05, 4.69) is 12.2 Å². The highest BCUT2D eigenvalue weighted by atomic mass is 16.6. The monoisotopic (exact) mass is 200 g/mol. The van der Waals surface area contributed by atoms with Crippen LogP contribution in [0.3, 0.4) is 0 Å². The van der Waals surface area contributed by atoms with Crippen LogP contribution in [-0.2, 0) is 14.3 Å². The first-order chi connectivity index (χ1) is 6.33. The summed E-state index contributed by atoms with van der Waals surface area (Å²) >= 11 is 0. The van der Waals surface area contributed by atoms with Crippen LogP contribution in [0.1, 0.15) is 20.8 Å². The predicted octanol–water partition coefficient (Wildman–Crippen LogP) is 0.521. The van der Waals surface area contributed by atoms with Gasteiger partial charge in [0.1, 0.15) is 5.60 Å². The fourth-order valence-corrected chi connectivity index (χ4v) is 1.16. The first-order valence-corrected chi connectivity index (χ1v) is 4.77. The zero-order chi connectivity index (χ0) is 10.8. The highest BCUT2D eigenvalue weighted by molar-refractivity contribution is 5.81. The number of carbonyl (C=O) groups excluding carboxylic acids is 1. The third-order valence-electron chi connectivity index (χ3n) is 1.84. The van der Waals surface area contributed by atoms with Crippen LogP contribution in [0.25, 0.3) is 0 Å². The van der Waals surface area contributed by atoms with Crippen LogP contribution in [0.4, 0.5) is 0 Å². The third kappa shape index (κ3) is 2.96. The second-order valence-corrected chi connectivity index (χ2v) is 4.52. The van der Waals surface area contributed by atoms with E-state index in [1.165, 1.54) is 0 Å². The number of esters is 1. The van der Waals surface area contributed by atoms with Crippen LogP contribution in [0.2, 0.25) is 0 Å². The molecule has 0 aliphatic carbocycles. The molecule has 1 radical (unpaired) electrons. The molecule has 1 atom stereocenters. The lowest BCUT2D eigenvalue weighted by Gasteiger charge is -2.34. The summed E-state index contributed by atoms with van der Waals surface area (Å²) in [5.74, 6) is -0.405. The molecule has 1 saturated heterocycles. The molecule has 1 unspecified atom stereocenters. The zero-order valence-electron chi connectivity index (χ0n) is 9.05. The molecule has 1 N–H and O–H groups in total. The molecule has 0 aromatic carbocycles. The molecule has 0 amide bonds. The lowest BCUT2D eigenvalue weighted by atomic mass is 10.1. The Morgan fingerprint density at radius 3 is 2.64 bits per heavy atom. The molecule has 1 aliphatic rings. The van der Waals surface area contributed by atoms with Gasteiger partial charge in [-0.1, -0.05) is 0 Å². The van der Waals surface area contributed by atoms with Crippen LogP contribution in [-0.4, -0.2) is 36.9 Å². The van der Waals surface area contributed by atoms with Gasteiger partial charge in [-0.2, -0.15) is 0 Å². The molecule has 81 valence electrons. The minimum absolute atomic E-state index is 0.405. The Morgan fingerprint density at radius 1 is 1.57 bits per heavy atom. The molecule has 1 fully saturated rings. The molecule has 4 nitrogen and oxygen atoms in total. The SMILES string of the molecule is [CH2]C1(C(=O)OC(C)(C)C)CNCCO1. The number of carbonyl (C=O) groups is 1. The van der Waals surface area contributed by atoms with Crippen molar-refractivity contribution in [2.24, 2.45) is 0 Å². The summed E-state index contributed by atoms with van der Waals surface area (Å²) in [4.78, 5) is 11.7. The van der Waals surface area contributed by atoms with Crippen LogP contribution >= 0.6 is 0 Å². The largest absolute Gasteiger partial charge is 0.458 e. The van der Waals surface area contributed by atoms with Crippen LogP contribution < -0.4 is 5.32 Å². The average Bonchev–Trinajstić information content (AvgIpc) is 2.02. The topological polar surface area (TPSA) is 47.6 Å². The molecule has 1 rings (SSSR count). The highest BCUT2D eigenvalue weighted by Gasteiger charge is 2.39. The molecule has 0 saturated carbocycles. The van der Waals surface area contributed by atoms with E-state index >= 15 is 0 Å². The Hall–Kier alpha value is -0.610. The van der Waals surface area contributed by atoms with Crippen molar-refractivity contribution < 1.29 is 14.3 Å². The summed E-state index contributed by atoms with van der Waals surface area (Å²) in [5.41, 5.74) is -1.58. The Labute approximate surface area is 85.0 Å². The van der Waals surface area contributed by atoms with Gasteiger partial charge >= 0.3 is 5.97 Å². The van der Waals surface area contributed by atoms with Crippen molar-refractivity contribution in [2.45, 2.75) is 32.0 Å². The van der Waals surface area contributed by atoms with Gasteiger partial charge in [0.15, 0.2) is 5.60 Å². The molecule has 0 bridgehead atoms. The van der Waals surface area contributed by atoms with Crippen molar-refractivity contribution in [3.8, 4) is 0 Å². The molecular weight excluding hydrogens is 182 g/mol. The van der Waals surface area contributed by atoms with Gasteiger partial charge in [-0.3, -0.25) is 0 Å². The standard InChI is InChI=1S/C10H18NO3/c1-9(2,3)14-8(12)10(4)7-11-5-6-13-10/h11H,4-7H2,1-3H3. The summed E-state index contributed by atoms with van der Waals surface area (Å²) in [7, 11) is 0. The predicted molar refractivity (Wildman–Crippen MR) is 52.8 cm³/mol. The normalized spacial score (nSPS) is 28.6. The average molecular weight is 200 g/mol. The molecule has 1 heterocycles. The number of morpholine rings is 1. The lowest BCUT2D eigenvalue weighted by Crippen LogP contribution is -2.55. The van der Waals surface area contributed by atoms with Crippen molar-refractivity contribution in [1.29, 1.82) is 0 Å². The third-order valence-corrected chi connectivity index (χ3v) is 1.84. The summed E-state index contributed by atoms with van der Waals surface area (Å²) in [6.07, 6.45) is 0. The number of nitrogens with one attached hydrogen (secondary N) is 1. The van der Waals surface area contributed by atoms with Gasteiger partial charge in [-0.05, 0) is 27.7 Å². The molecule has 0 spiro atoms. The number of hydrogen-bond acceptors (Lipinski definition) is 4. The van der Waals surface area contributed by atoms with Crippen molar-refractivity contribution in [1.82, 2.24) is 5.32 Å². The smallest absolute Gasteiger partial charge is 0.340 e. The van der Waals surface area contributed by atoms with Crippen molar-refractivity contribution >= 4 is 5.97 Å². The maximum atomic E-state index is 11.7. The fourth-order valence-electron chi connectivity index (χ4n) is 1.16. The van der Waals surface area contributed by atoms with Crippen molar-refractivity contribution in [2.75, 3.05) is 19.7 Å². The van der Waals surface area contributed by atoms with E-state index < -0.39 is 17.2 Å². The molecule has 14 heavy (non-hydrogen) atoms. The molecule has 1 aliphatic heterocycles. The van der Waals surface area contributed by atoms with Crippen LogP contribution in [0, 0.1) is 6.92 Å². The van der Waals surface area contributed by atoms with E-state index in [9.17, 15) is 4.79 Å². The maximum absolute atomic E-state index is 11.7. The summed E-state index contributed by atoms with van der Waals surface area (Å²) in [6.45, 7) is 10.9. The summed E-state index contributed by atoms with van der Waals surface area (Å²) in [6, 6.07) is 0. The Bertz CT molecular complexity index is 214. The van der Waals surface area contributed by atoms with Gasteiger partial charge in [0.05, 0.1) is 6.61 Å². The fraction of sp³-hybridized carbons (Fsp3) is 0.800. The second kappa shape index (κ2) is 3.87. The molecule has 0 aromatic rings. The van der Waals surface area contributed by atoms with Crippen molar-refractivity contribution in [3.05, 3.63) is 6.92 Å². The van der Waals surface area contributed by atoms with Crippen LogP contribution in [0.5, 0.6) is 0 Å². The van der Waals surface area contributed by atoms with E-state index in [-0.39, 0.29) is 0 Å².